The van der Waals surface area contributed by atoms with Crippen molar-refractivity contribution in [2.24, 2.45) is 0 Å². The predicted octanol–water partition coefficient (Wildman–Crippen LogP) is 4.41. The minimum atomic E-state index is -1.03. The van der Waals surface area contributed by atoms with Crippen LogP contribution in [0.2, 0.25) is 0 Å². The predicted molar refractivity (Wildman–Crippen MR) is 97.4 cm³/mol. The van der Waals surface area contributed by atoms with Crippen molar-refractivity contribution in [2.75, 3.05) is 6.26 Å². The molecule has 0 saturated carbocycles. The lowest BCUT2D eigenvalue weighted by molar-refractivity contribution is -0.134. The topological polar surface area (TPSA) is 49.4 Å². The van der Waals surface area contributed by atoms with Crippen LogP contribution in [0, 0.1) is 5.82 Å². The number of halogens is 1. The van der Waals surface area contributed by atoms with E-state index in [4.69, 9.17) is 4.74 Å². The Balaban J connectivity index is 2.09. The van der Waals surface area contributed by atoms with Crippen LogP contribution in [-0.4, -0.2) is 16.8 Å². The minimum absolute atomic E-state index is 0.382. The van der Waals surface area contributed by atoms with Gasteiger partial charge in [0.2, 0.25) is 0 Å². The number of fused-ring (bicyclic) bond motifs is 1. The number of hydrogen-bond acceptors (Lipinski definition) is 3. The third kappa shape index (κ3) is 3.52. The molecular formula is C20H17FO3S. The van der Waals surface area contributed by atoms with Gasteiger partial charge < -0.3 is 9.29 Å². The summed E-state index contributed by atoms with van der Waals surface area (Å²) < 4.78 is 30.5. The normalized spacial score (nSPS) is 16.1. The van der Waals surface area contributed by atoms with Crippen LogP contribution in [0.3, 0.4) is 0 Å². The van der Waals surface area contributed by atoms with Crippen molar-refractivity contribution in [3.63, 3.8) is 0 Å². The van der Waals surface area contributed by atoms with E-state index in [-0.39, 0.29) is 5.82 Å². The molecule has 0 aromatic heterocycles. The number of hydrogen-bond donors (Lipinski definition) is 0. The van der Waals surface area contributed by atoms with Gasteiger partial charge in [0.05, 0.1) is 0 Å². The molecule has 5 heteroatoms. The monoisotopic (exact) mass is 356 g/mol. The summed E-state index contributed by atoms with van der Waals surface area (Å²) in [7, 11) is 0. The summed E-state index contributed by atoms with van der Waals surface area (Å²) in [5, 5.41) is 0. The Labute approximate surface area is 149 Å². The summed E-state index contributed by atoms with van der Waals surface area (Å²) in [5.74, 6) is -0.438. The lowest BCUT2D eigenvalue weighted by Crippen LogP contribution is -1.98. The van der Waals surface area contributed by atoms with Gasteiger partial charge in [-0.25, -0.2) is 4.39 Å². The molecule has 2 aromatic rings. The molecule has 0 spiro atoms. The highest BCUT2D eigenvalue weighted by Gasteiger charge is 2.26. The van der Waals surface area contributed by atoms with Crippen LogP contribution in [0.25, 0.3) is 17.4 Å². The van der Waals surface area contributed by atoms with Crippen molar-refractivity contribution in [1.82, 2.24) is 0 Å². The molecule has 0 heterocycles. The molecule has 1 aliphatic carbocycles. The van der Waals surface area contributed by atoms with Crippen LogP contribution < -0.4 is 0 Å². The van der Waals surface area contributed by atoms with Gasteiger partial charge >= 0.3 is 5.97 Å². The Kier molecular flexibility index (Phi) is 4.79. The number of allylic oxidation sites excluding steroid dienone is 2. The Bertz CT molecular complexity index is 896. The quantitative estimate of drug-likeness (QED) is 0.604. The van der Waals surface area contributed by atoms with Crippen molar-refractivity contribution >= 4 is 34.6 Å². The van der Waals surface area contributed by atoms with Gasteiger partial charge in [0.15, 0.2) is 4.90 Å². The third-order valence-corrected chi connectivity index (χ3v) is 4.97. The largest absolute Gasteiger partial charge is 0.612 e. The van der Waals surface area contributed by atoms with Gasteiger partial charge in [-0.3, -0.25) is 4.79 Å². The molecule has 2 aromatic carbocycles. The summed E-state index contributed by atoms with van der Waals surface area (Å²) in [6, 6.07) is 11.8. The van der Waals surface area contributed by atoms with Crippen LogP contribution in [0.5, 0.6) is 0 Å². The van der Waals surface area contributed by atoms with Crippen LogP contribution in [0.4, 0.5) is 4.39 Å². The SMILES string of the molecule is CC(=O)OC1=C(C)C(=Cc2ccc([S+](C)[O-])cc2)c2ccc(F)cc21. The Morgan fingerprint density at radius 3 is 2.44 bits per heavy atom. The Morgan fingerprint density at radius 1 is 1.16 bits per heavy atom. The van der Waals surface area contributed by atoms with Crippen LogP contribution in [-0.2, 0) is 20.7 Å². The van der Waals surface area contributed by atoms with Crippen molar-refractivity contribution in [3.05, 3.63) is 70.5 Å². The van der Waals surface area contributed by atoms with Crippen LogP contribution in [0.15, 0.2) is 52.9 Å². The highest BCUT2D eigenvalue weighted by atomic mass is 32.2. The summed E-state index contributed by atoms with van der Waals surface area (Å²) in [5.41, 5.74) is 3.96. The molecule has 3 rings (SSSR count). The number of esters is 1. The van der Waals surface area contributed by atoms with E-state index in [9.17, 15) is 13.7 Å². The molecule has 1 atom stereocenters. The molecule has 1 aliphatic rings. The van der Waals surface area contributed by atoms with E-state index < -0.39 is 17.1 Å². The summed E-state index contributed by atoms with van der Waals surface area (Å²) in [6.45, 7) is 3.17. The first kappa shape index (κ1) is 17.5. The summed E-state index contributed by atoms with van der Waals surface area (Å²) >= 11 is -1.03. The van der Waals surface area contributed by atoms with Gasteiger partial charge in [0.25, 0.3) is 0 Å². The zero-order chi connectivity index (χ0) is 18.1. The Morgan fingerprint density at radius 2 is 1.84 bits per heavy atom. The van der Waals surface area contributed by atoms with Gasteiger partial charge in [-0.1, -0.05) is 6.07 Å². The molecular weight excluding hydrogens is 339 g/mol. The minimum Gasteiger partial charge on any atom is -0.612 e. The van der Waals surface area contributed by atoms with Gasteiger partial charge in [0, 0.05) is 18.1 Å². The fourth-order valence-corrected chi connectivity index (χ4v) is 3.37. The molecule has 0 fully saturated rings. The highest BCUT2D eigenvalue weighted by molar-refractivity contribution is 7.90. The maximum absolute atomic E-state index is 13.7. The highest BCUT2D eigenvalue weighted by Crippen LogP contribution is 2.42. The fraction of sp³-hybridized carbons (Fsp3) is 0.150. The second-order valence-electron chi connectivity index (χ2n) is 5.82. The number of rotatable bonds is 3. The van der Waals surface area contributed by atoms with Gasteiger partial charge in [-0.05, 0) is 77.3 Å². The van der Waals surface area contributed by atoms with Crippen molar-refractivity contribution in [3.8, 4) is 0 Å². The molecule has 0 N–H and O–H groups in total. The molecule has 3 nitrogen and oxygen atoms in total. The number of carbonyl (C=O) groups is 1. The summed E-state index contributed by atoms with van der Waals surface area (Å²) in [4.78, 5) is 12.2. The molecule has 1 unspecified atom stereocenters. The fourth-order valence-electron chi connectivity index (χ4n) is 2.85. The van der Waals surface area contributed by atoms with Crippen LogP contribution >= 0.6 is 0 Å². The molecule has 0 aliphatic heterocycles. The van der Waals surface area contributed by atoms with E-state index >= 15 is 0 Å². The smallest absolute Gasteiger partial charge is 0.308 e. The van der Waals surface area contributed by atoms with Gasteiger partial charge in [-0.15, -0.1) is 0 Å². The number of carbonyl (C=O) groups excluding carboxylic acids is 1. The first-order chi connectivity index (χ1) is 11.9. The van der Waals surface area contributed by atoms with E-state index in [0.29, 0.717) is 11.3 Å². The third-order valence-electron chi connectivity index (χ3n) is 4.03. The van der Waals surface area contributed by atoms with E-state index in [2.05, 4.69) is 0 Å². The second kappa shape index (κ2) is 6.86. The van der Waals surface area contributed by atoms with Crippen molar-refractivity contribution < 1.29 is 18.5 Å². The van der Waals surface area contributed by atoms with Gasteiger partial charge in [0.1, 0.15) is 17.8 Å². The average Bonchev–Trinajstić information content (AvgIpc) is 2.80. The molecule has 0 bridgehead atoms. The molecule has 25 heavy (non-hydrogen) atoms. The van der Waals surface area contributed by atoms with E-state index in [1.54, 1.807) is 12.3 Å². The zero-order valence-electron chi connectivity index (χ0n) is 14.1. The number of benzene rings is 2. The molecule has 0 saturated heterocycles. The van der Waals surface area contributed by atoms with Crippen LogP contribution in [0.1, 0.15) is 30.5 Å². The first-order valence-corrected chi connectivity index (χ1v) is 9.28. The molecule has 0 amide bonds. The standard InChI is InChI=1S/C20H17FO3S/c1-12-18(10-14-4-7-16(8-5-14)25(3)23)17-9-6-15(21)11-19(17)20(12)24-13(2)22/h4-11H,1-3H3. The van der Waals surface area contributed by atoms with Crippen molar-refractivity contribution in [1.29, 1.82) is 0 Å². The summed E-state index contributed by atoms with van der Waals surface area (Å²) in [6.07, 6.45) is 3.58. The maximum atomic E-state index is 13.7. The molecule has 0 radical (unpaired) electrons. The average molecular weight is 356 g/mol. The van der Waals surface area contributed by atoms with E-state index in [1.807, 2.05) is 37.3 Å². The second-order valence-corrected chi connectivity index (χ2v) is 7.20. The lowest BCUT2D eigenvalue weighted by Gasteiger charge is -2.06. The lowest BCUT2D eigenvalue weighted by atomic mass is 10.0. The van der Waals surface area contributed by atoms with Crippen molar-refractivity contribution in [2.45, 2.75) is 18.7 Å². The van der Waals surface area contributed by atoms with Gasteiger partial charge in [-0.2, -0.15) is 0 Å². The zero-order valence-corrected chi connectivity index (χ0v) is 14.9. The number of ether oxygens (including phenoxy) is 1. The van der Waals surface area contributed by atoms with E-state index in [1.165, 1.54) is 19.1 Å². The molecule has 128 valence electrons. The maximum Gasteiger partial charge on any atom is 0.308 e. The van der Waals surface area contributed by atoms with E-state index in [0.717, 1.165) is 27.2 Å². The first-order valence-electron chi connectivity index (χ1n) is 7.72. The Hall–Kier alpha value is -2.37.